The lowest BCUT2D eigenvalue weighted by molar-refractivity contribution is -0.139. The fraction of sp³-hybridized carbons (Fsp3) is 0.455. The van der Waals surface area contributed by atoms with E-state index in [9.17, 15) is 24.3 Å². The molecular formula is C44H52N8O8. The van der Waals surface area contributed by atoms with Crippen molar-refractivity contribution in [2.45, 2.75) is 96.8 Å². The molecule has 2 fully saturated rings. The lowest BCUT2D eigenvalue weighted by Crippen LogP contribution is -2.55. The van der Waals surface area contributed by atoms with Crippen molar-refractivity contribution in [2.75, 3.05) is 20.8 Å². The van der Waals surface area contributed by atoms with Gasteiger partial charge in [0.25, 0.3) is 0 Å². The number of imidazole rings is 2. The molecule has 2 saturated heterocycles. The summed E-state index contributed by atoms with van der Waals surface area (Å²) in [4.78, 5) is 71.7. The predicted molar refractivity (Wildman–Crippen MR) is 223 cm³/mol. The molecule has 316 valence electrons. The largest absolute Gasteiger partial charge is 0.488 e. The van der Waals surface area contributed by atoms with Gasteiger partial charge in [0, 0.05) is 30.6 Å². The van der Waals surface area contributed by atoms with Crippen LogP contribution in [0.3, 0.4) is 0 Å². The second-order valence-corrected chi connectivity index (χ2v) is 16.8. The summed E-state index contributed by atoms with van der Waals surface area (Å²) in [7, 11) is 2.76. The molecule has 0 unspecified atom stereocenters. The lowest BCUT2D eigenvalue weighted by Gasteiger charge is -2.33. The Morgan fingerprint density at radius 3 is 2.45 bits per heavy atom. The van der Waals surface area contributed by atoms with Crippen LogP contribution in [0.25, 0.3) is 44.2 Å². The van der Waals surface area contributed by atoms with Crippen LogP contribution in [-0.4, -0.2) is 104 Å². The van der Waals surface area contributed by atoms with Crippen LogP contribution < -0.4 is 15.4 Å². The van der Waals surface area contributed by atoms with Crippen LogP contribution in [0, 0.1) is 11.8 Å². The smallest absolute Gasteiger partial charge is 0.407 e. The van der Waals surface area contributed by atoms with E-state index in [1.807, 2.05) is 32.9 Å². The Balaban J connectivity index is 1.05. The number of fused-ring (bicyclic) bond motifs is 6. The van der Waals surface area contributed by atoms with Gasteiger partial charge >= 0.3 is 12.2 Å². The molecule has 0 radical (unpaired) electrons. The van der Waals surface area contributed by atoms with E-state index < -0.39 is 30.4 Å². The van der Waals surface area contributed by atoms with Gasteiger partial charge in [-0.1, -0.05) is 39.0 Å². The van der Waals surface area contributed by atoms with Gasteiger partial charge in [-0.2, -0.15) is 0 Å². The third-order valence-corrected chi connectivity index (χ3v) is 12.4. The number of amides is 4. The van der Waals surface area contributed by atoms with Gasteiger partial charge in [-0.3, -0.25) is 9.59 Å². The maximum atomic E-state index is 14.0. The van der Waals surface area contributed by atoms with Gasteiger partial charge in [0.15, 0.2) is 0 Å². The molecule has 3 aliphatic heterocycles. The van der Waals surface area contributed by atoms with Crippen molar-refractivity contribution in [3.63, 3.8) is 0 Å². The van der Waals surface area contributed by atoms with Crippen LogP contribution in [0.5, 0.6) is 5.75 Å². The number of methoxy groups -OCH3 is 2. The van der Waals surface area contributed by atoms with E-state index in [4.69, 9.17) is 24.2 Å². The number of ether oxygens (including phenoxy) is 3. The van der Waals surface area contributed by atoms with Crippen molar-refractivity contribution in [3.05, 3.63) is 65.9 Å². The van der Waals surface area contributed by atoms with Crippen molar-refractivity contribution >= 4 is 45.8 Å². The van der Waals surface area contributed by atoms with Gasteiger partial charge in [0.05, 0.1) is 48.2 Å². The van der Waals surface area contributed by atoms with Gasteiger partial charge in [-0.05, 0) is 91.3 Å². The second-order valence-electron chi connectivity index (χ2n) is 16.8. The number of hydrogen-bond donors (Lipinski definition) is 5. The molecule has 5 N–H and O–H groups in total. The highest BCUT2D eigenvalue weighted by Crippen LogP contribution is 2.44. The van der Waals surface area contributed by atoms with Crippen LogP contribution in [0.1, 0.15) is 83.2 Å². The van der Waals surface area contributed by atoms with Crippen molar-refractivity contribution in [3.8, 4) is 28.1 Å². The van der Waals surface area contributed by atoms with E-state index in [2.05, 4.69) is 57.9 Å². The number of H-pyrrole nitrogens is 2. The molecule has 4 amide bonds. The molecule has 5 aromatic rings. The first kappa shape index (κ1) is 40.6. The van der Waals surface area contributed by atoms with Crippen LogP contribution in [0.2, 0.25) is 0 Å². The second kappa shape index (κ2) is 16.1. The SMILES string of the molecule is COC(=O)N[C@H](C(=O)N1[C@@H](C)CC[C@H]1c1nc2c(ccc3cc4c(cc32)OCc2cc(-c3cnc([C@@H]5C[C@H](C)CN5C(=O)[C@@H](NC(=O)O)C(C)C)[nH]3)ccc2-4)[nH]1)[C@@H](C)OC. The quantitative estimate of drug-likeness (QED) is 0.101. The molecule has 7 atom stereocenters. The van der Waals surface area contributed by atoms with Crippen molar-refractivity contribution in [2.24, 2.45) is 11.8 Å². The third-order valence-electron chi connectivity index (χ3n) is 12.4. The summed E-state index contributed by atoms with van der Waals surface area (Å²) in [6.07, 6.45) is 1.47. The number of rotatable bonds is 10. The van der Waals surface area contributed by atoms with Crippen molar-refractivity contribution < 1.29 is 38.5 Å². The van der Waals surface area contributed by atoms with Gasteiger partial charge in [-0.15, -0.1) is 0 Å². The minimum atomic E-state index is -1.22. The van der Waals surface area contributed by atoms with Crippen LogP contribution >= 0.6 is 0 Å². The van der Waals surface area contributed by atoms with E-state index in [1.165, 1.54) is 14.2 Å². The Morgan fingerprint density at radius 1 is 0.917 bits per heavy atom. The molecule has 0 spiro atoms. The first-order valence-electron chi connectivity index (χ1n) is 20.5. The monoisotopic (exact) mass is 820 g/mol. The first-order valence-corrected chi connectivity index (χ1v) is 20.5. The van der Waals surface area contributed by atoms with Crippen LogP contribution in [-0.2, 0) is 25.7 Å². The van der Waals surface area contributed by atoms with E-state index in [-0.39, 0.29) is 41.8 Å². The Labute approximate surface area is 347 Å². The zero-order chi connectivity index (χ0) is 42.6. The molecule has 0 aliphatic carbocycles. The molecule has 2 aromatic heterocycles. The Hall–Kier alpha value is -6.16. The number of benzene rings is 3. The molecular weight excluding hydrogens is 769 g/mol. The molecule has 16 nitrogen and oxygen atoms in total. The van der Waals surface area contributed by atoms with Gasteiger partial charge in [0.1, 0.15) is 36.1 Å². The summed E-state index contributed by atoms with van der Waals surface area (Å²) in [6, 6.07) is 12.0. The Kier molecular flexibility index (Phi) is 10.9. The standard InChI is InChI=1S/C44H52N8O8/c1-21(2)36(49-43(55)56)41(53)51-19-22(3)14-34(51)39-45-18-32(47-39)26-9-11-28-27(15-26)20-60-35-17-29-25(16-30(28)35)10-12-31-38(29)48-40(46-31)33-13-8-23(4)52(33)42(54)37(24(5)58-6)50-44(57)59-7/h9-12,15-18,21-24,33-34,36-37,49H,8,13-14,19-20H2,1-7H3,(H,45,47)(H,46,48)(H,50,57)(H,55,56)/t22-,23-,24+,33-,34-,36-,37-/m0/s1. The number of nitrogens with one attached hydrogen (secondary N) is 4. The fourth-order valence-electron chi connectivity index (χ4n) is 9.14. The topological polar surface area (TPSA) is 204 Å². The number of carbonyl (C=O) groups excluding carboxylic acids is 3. The minimum absolute atomic E-state index is 0.0840. The molecule has 3 aromatic carbocycles. The summed E-state index contributed by atoms with van der Waals surface area (Å²) in [6.45, 7) is 10.4. The van der Waals surface area contributed by atoms with Crippen LogP contribution in [0.15, 0.2) is 48.7 Å². The molecule has 8 rings (SSSR count). The summed E-state index contributed by atoms with van der Waals surface area (Å²) < 4.78 is 16.7. The van der Waals surface area contributed by atoms with Gasteiger partial charge in [0.2, 0.25) is 11.8 Å². The van der Waals surface area contributed by atoms with E-state index >= 15 is 0 Å². The highest BCUT2D eigenvalue weighted by atomic mass is 16.5. The maximum Gasteiger partial charge on any atom is 0.407 e. The highest BCUT2D eigenvalue weighted by Gasteiger charge is 2.43. The fourth-order valence-corrected chi connectivity index (χ4v) is 9.14. The lowest BCUT2D eigenvalue weighted by atomic mass is 9.92. The van der Waals surface area contributed by atoms with Crippen LogP contribution in [0.4, 0.5) is 9.59 Å². The molecule has 5 heterocycles. The number of aromatic amines is 2. The zero-order valence-corrected chi connectivity index (χ0v) is 34.9. The first-order chi connectivity index (χ1) is 28.8. The number of hydrogen-bond acceptors (Lipinski definition) is 9. The van der Waals surface area contributed by atoms with Gasteiger partial charge < -0.3 is 49.7 Å². The van der Waals surface area contributed by atoms with E-state index in [1.54, 1.807) is 22.9 Å². The summed E-state index contributed by atoms with van der Waals surface area (Å²) in [5, 5.41) is 16.4. The molecule has 3 aliphatic rings. The average Bonchev–Trinajstić information content (AvgIpc) is 4.05. The van der Waals surface area contributed by atoms with Crippen molar-refractivity contribution in [1.82, 2.24) is 40.4 Å². The van der Waals surface area contributed by atoms with E-state index in [0.29, 0.717) is 37.6 Å². The summed E-state index contributed by atoms with van der Waals surface area (Å²) >= 11 is 0. The number of aromatic nitrogens is 4. The minimum Gasteiger partial charge on any atom is -0.488 e. The normalized spacial score (nSPS) is 21.3. The molecule has 0 bridgehead atoms. The summed E-state index contributed by atoms with van der Waals surface area (Å²) in [5.74, 6) is 1.60. The zero-order valence-electron chi connectivity index (χ0n) is 34.9. The number of nitrogens with zero attached hydrogens (tertiary/aromatic N) is 4. The highest BCUT2D eigenvalue weighted by molar-refractivity contribution is 6.07. The number of carboxylic acid groups (broad SMARTS) is 1. The number of likely N-dealkylation sites (tertiary alicyclic amines) is 2. The van der Waals surface area contributed by atoms with E-state index in [0.717, 1.165) is 61.9 Å². The molecule has 0 saturated carbocycles. The van der Waals surface area contributed by atoms with Gasteiger partial charge in [-0.25, -0.2) is 19.6 Å². The number of carbonyl (C=O) groups is 4. The third kappa shape index (κ3) is 7.37. The molecule has 16 heteroatoms. The summed E-state index contributed by atoms with van der Waals surface area (Å²) in [5.41, 5.74) is 6.41. The predicted octanol–water partition coefficient (Wildman–Crippen LogP) is 6.68. The maximum absolute atomic E-state index is 14.0. The average molecular weight is 821 g/mol. The Morgan fingerprint density at radius 2 is 1.72 bits per heavy atom. The molecule has 60 heavy (non-hydrogen) atoms. The Bertz CT molecular complexity index is 2480. The van der Waals surface area contributed by atoms with Crippen molar-refractivity contribution in [1.29, 1.82) is 0 Å². The number of alkyl carbamates (subject to hydrolysis) is 1.